The summed E-state index contributed by atoms with van der Waals surface area (Å²) in [6.45, 7) is 8.17. The molecule has 3 fully saturated rings. The van der Waals surface area contributed by atoms with E-state index in [9.17, 15) is 0 Å². The Morgan fingerprint density at radius 1 is 1.08 bits per heavy atom. The van der Waals surface area contributed by atoms with E-state index in [-0.39, 0.29) is 24.6 Å². The minimum atomic E-state index is -0.200. The topological polar surface area (TPSA) is 27.7 Å². The molecular weight excluding hydrogens is 168 g/mol. The van der Waals surface area contributed by atoms with Crippen LogP contribution in [0.4, 0.5) is 0 Å². The first kappa shape index (κ1) is 7.83. The van der Waals surface area contributed by atoms with Crippen molar-refractivity contribution < 1.29 is 14.2 Å². The summed E-state index contributed by atoms with van der Waals surface area (Å²) in [4.78, 5) is 0. The van der Waals surface area contributed by atoms with Crippen molar-refractivity contribution in [1.29, 1.82) is 0 Å². The molecule has 0 N–H and O–H groups in total. The molecule has 3 saturated heterocycles. The minimum Gasteiger partial charge on any atom is -0.464 e. The molecule has 0 radical (unpaired) electrons. The van der Waals surface area contributed by atoms with Crippen LogP contribution in [0.5, 0.6) is 0 Å². The molecule has 0 aromatic heterocycles. The van der Waals surface area contributed by atoms with Gasteiger partial charge in [-0.15, -0.1) is 0 Å². The molecule has 0 spiro atoms. The fraction of sp³-hybridized carbons (Fsp3) is 0.800. The first-order valence-electron chi connectivity index (χ1n) is 4.85. The van der Waals surface area contributed by atoms with Crippen LogP contribution in [0.2, 0.25) is 0 Å². The van der Waals surface area contributed by atoms with Gasteiger partial charge in [-0.2, -0.15) is 0 Å². The highest BCUT2D eigenvalue weighted by atomic mass is 16.7. The molecule has 0 aromatic rings. The van der Waals surface area contributed by atoms with Crippen molar-refractivity contribution in [3.8, 4) is 0 Å². The second-order valence-corrected chi connectivity index (χ2v) is 4.29. The van der Waals surface area contributed by atoms with Crippen molar-refractivity contribution in [3.63, 3.8) is 0 Å². The van der Waals surface area contributed by atoms with Gasteiger partial charge in [0.05, 0.1) is 6.10 Å². The molecule has 0 aromatic carbocycles. The molecule has 0 amide bonds. The molecule has 6 atom stereocenters. The molecule has 3 bridgehead atoms. The van der Waals surface area contributed by atoms with E-state index in [0.29, 0.717) is 11.8 Å². The van der Waals surface area contributed by atoms with Crippen molar-refractivity contribution in [1.82, 2.24) is 0 Å². The van der Waals surface area contributed by atoms with E-state index in [2.05, 4.69) is 20.4 Å². The zero-order valence-corrected chi connectivity index (χ0v) is 7.90. The Morgan fingerprint density at radius 3 is 2.62 bits per heavy atom. The van der Waals surface area contributed by atoms with Crippen molar-refractivity contribution in [2.24, 2.45) is 11.8 Å². The number of ether oxygens (including phenoxy) is 3. The van der Waals surface area contributed by atoms with Crippen LogP contribution < -0.4 is 0 Å². The third-order valence-corrected chi connectivity index (χ3v) is 3.48. The Labute approximate surface area is 77.7 Å². The van der Waals surface area contributed by atoms with Gasteiger partial charge in [0.1, 0.15) is 18.0 Å². The largest absolute Gasteiger partial charge is 0.464 e. The maximum Gasteiger partial charge on any atom is 0.226 e. The number of hydrogen-bond acceptors (Lipinski definition) is 3. The molecule has 3 aliphatic rings. The Bertz CT molecular complexity index is 263. The normalized spacial score (nSPS) is 58.2. The molecular formula is C10H14O3. The number of fused-ring (bicyclic) bond motifs is 2. The molecule has 13 heavy (non-hydrogen) atoms. The van der Waals surface area contributed by atoms with Crippen LogP contribution >= 0.6 is 0 Å². The standard InChI is InChI=1S/C10H14O3/c1-4-7-5(2)9-10(13-7)11-6(3)8(4)12-9/h4-5,7-10H,3H2,1-2H3. The van der Waals surface area contributed by atoms with E-state index in [1.165, 1.54) is 0 Å². The highest BCUT2D eigenvalue weighted by Gasteiger charge is 2.57. The molecule has 6 unspecified atom stereocenters. The van der Waals surface area contributed by atoms with Gasteiger partial charge in [0, 0.05) is 11.8 Å². The van der Waals surface area contributed by atoms with Gasteiger partial charge in [-0.1, -0.05) is 20.4 Å². The first-order valence-corrected chi connectivity index (χ1v) is 4.85. The quantitative estimate of drug-likeness (QED) is 0.565. The second-order valence-electron chi connectivity index (χ2n) is 4.29. The highest BCUT2D eigenvalue weighted by molar-refractivity contribution is 5.10. The van der Waals surface area contributed by atoms with Crippen molar-refractivity contribution >= 4 is 0 Å². The lowest BCUT2D eigenvalue weighted by Crippen LogP contribution is -2.49. The molecule has 72 valence electrons. The van der Waals surface area contributed by atoms with Crippen LogP contribution in [0, 0.1) is 11.8 Å². The lowest BCUT2D eigenvalue weighted by Gasteiger charge is -2.40. The number of rotatable bonds is 0. The summed E-state index contributed by atoms with van der Waals surface area (Å²) < 4.78 is 17.2. The van der Waals surface area contributed by atoms with Crippen LogP contribution in [0.25, 0.3) is 0 Å². The number of hydrogen-bond donors (Lipinski definition) is 0. The van der Waals surface area contributed by atoms with E-state index < -0.39 is 0 Å². The monoisotopic (exact) mass is 182 g/mol. The SMILES string of the molecule is C=C1OC2OC3C(C)C1OC2C3C. The van der Waals surface area contributed by atoms with E-state index in [1.807, 2.05) is 0 Å². The van der Waals surface area contributed by atoms with E-state index in [1.54, 1.807) is 0 Å². The fourth-order valence-corrected chi connectivity index (χ4v) is 2.73. The van der Waals surface area contributed by atoms with Gasteiger partial charge in [0.2, 0.25) is 6.29 Å². The zero-order valence-electron chi connectivity index (χ0n) is 7.90. The molecule has 0 saturated carbocycles. The van der Waals surface area contributed by atoms with Crippen molar-refractivity contribution in [2.45, 2.75) is 38.4 Å². The summed E-state index contributed by atoms with van der Waals surface area (Å²) in [6, 6.07) is 0. The predicted molar refractivity (Wildman–Crippen MR) is 45.9 cm³/mol. The summed E-state index contributed by atoms with van der Waals surface area (Å²) in [7, 11) is 0. The van der Waals surface area contributed by atoms with Crippen LogP contribution in [0.3, 0.4) is 0 Å². The Hall–Kier alpha value is -0.540. The Kier molecular flexibility index (Phi) is 1.37. The van der Waals surface area contributed by atoms with Gasteiger partial charge in [0.25, 0.3) is 0 Å². The van der Waals surface area contributed by atoms with Gasteiger partial charge in [-0.25, -0.2) is 0 Å². The minimum absolute atomic E-state index is 0.0462. The molecule has 3 rings (SSSR count). The molecule has 0 aliphatic carbocycles. The molecule has 3 nitrogen and oxygen atoms in total. The van der Waals surface area contributed by atoms with Crippen LogP contribution in [0.1, 0.15) is 13.8 Å². The molecule has 3 heterocycles. The summed E-state index contributed by atoms with van der Waals surface area (Å²) in [6.07, 6.45) is 0.253. The Morgan fingerprint density at radius 2 is 1.85 bits per heavy atom. The average Bonchev–Trinajstić information content (AvgIpc) is 2.25. The van der Waals surface area contributed by atoms with Gasteiger partial charge < -0.3 is 14.2 Å². The zero-order chi connectivity index (χ0) is 9.16. The smallest absolute Gasteiger partial charge is 0.226 e. The maximum atomic E-state index is 5.86. The van der Waals surface area contributed by atoms with Gasteiger partial charge >= 0.3 is 0 Å². The van der Waals surface area contributed by atoms with Crippen LogP contribution in [-0.2, 0) is 14.2 Å². The second kappa shape index (κ2) is 2.28. The maximum absolute atomic E-state index is 5.86. The molecule has 3 aliphatic heterocycles. The van der Waals surface area contributed by atoms with E-state index in [0.717, 1.165) is 5.76 Å². The van der Waals surface area contributed by atoms with Crippen LogP contribution in [0.15, 0.2) is 12.3 Å². The van der Waals surface area contributed by atoms with E-state index >= 15 is 0 Å². The molecule has 3 heteroatoms. The summed E-state index contributed by atoms with van der Waals surface area (Å²) in [5.41, 5.74) is 0. The highest BCUT2D eigenvalue weighted by Crippen LogP contribution is 2.47. The summed E-state index contributed by atoms with van der Waals surface area (Å²) in [5.74, 6) is 1.55. The van der Waals surface area contributed by atoms with Crippen molar-refractivity contribution in [3.05, 3.63) is 12.3 Å². The first-order chi connectivity index (χ1) is 6.18. The third kappa shape index (κ3) is 0.816. The van der Waals surface area contributed by atoms with Gasteiger partial charge in [-0.05, 0) is 0 Å². The lowest BCUT2D eigenvalue weighted by molar-refractivity contribution is -0.194. The van der Waals surface area contributed by atoms with Crippen molar-refractivity contribution in [2.75, 3.05) is 0 Å². The Balaban J connectivity index is 2.02. The fourth-order valence-electron chi connectivity index (χ4n) is 2.73. The van der Waals surface area contributed by atoms with Crippen LogP contribution in [-0.4, -0.2) is 24.6 Å². The average molecular weight is 182 g/mol. The third-order valence-electron chi connectivity index (χ3n) is 3.48. The predicted octanol–water partition coefficient (Wildman–Crippen LogP) is 1.29. The van der Waals surface area contributed by atoms with Gasteiger partial charge in [-0.3, -0.25) is 0 Å². The van der Waals surface area contributed by atoms with Gasteiger partial charge in [0.15, 0.2) is 0 Å². The lowest BCUT2D eigenvalue weighted by atomic mass is 9.83. The summed E-state index contributed by atoms with van der Waals surface area (Å²) in [5, 5.41) is 0. The summed E-state index contributed by atoms with van der Waals surface area (Å²) >= 11 is 0. The van der Waals surface area contributed by atoms with E-state index in [4.69, 9.17) is 14.2 Å².